The molecule has 1 fully saturated rings. The van der Waals surface area contributed by atoms with Crippen molar-refractivity contribution in [2.45, 2.75) is 38.8 Å². The van der Waals surface area contributed by atoms with E-state index >= 15 is 0 Å². The maximum atomic E-state index is 13.4. The predicted molar refractivity (Wildman–Crippen MR) is 141 cm³/mol. The van der Waals surface area contributed by atoms with E-state index in [1.165, 1.54) is 10.8 Å². The Balaban J connectivity index is 1.44. The number of methoxy groups -OCH3 is 1. The van der Waals surface area contributed by atoms with Crippen LogP contribution in [0.2, 0.25) is 0 Å². The molecule has 0 aliphatic carbocycles. The van der Waals surface area contributed by atoms with Gasteiger partial charge in [0.1, 0.15) is 11.6 Å². The van der Waals surface area contributed by atoms with E-state index in [-0.39, 0.29) is 32.3 Å². The molecule has 0 saturated carbocycles. The first-order chi connectivity index (χ1) is 19.3. The number of aliphatic hydroxyl groups is 1. The average Bonchev–Trinajstić information content (AvgIpc) is 3.40. The number of fused-ring (bicyclic) bond motifs is 2. The number of pyridine rings is 1. The first-order valence-electron chi connectivity index (χ1n) is 12.9. The van der Waals surface area contributed by atoms with Crippen LogP contribution in [0.5, 0.6) is 5.75 Å². The molecule has 6 rings (SSSR count). The minimum atomic E-state index is -4.52. The van der Waals surface area contributed by atoms with Gasteiger partial charge in [-0.1, -0.05) is 0 Å². The molecule has 1 saturated heterocycles. The third-order valence-corrected chi connectivity index (χ3v) is 7.34. The fourth-order valence-corrected chi connectivity index (χ4v) is 5.29. The van der Waals surface area contributed by atoms with Crippen molar-refractivity contribution in [1.29, 1.82) is 0 Å². The SMILES string of the molecule is COc1ccc(-c2ccc3c(N4CCOC[C@@H]4C)nc(N4CCn5c(cnc5C(F)(F)F)C4)nc3n2)cc1CO. The zero-order valence-electron chi connectivity index (χ0n) is 22.0. The van der Waals surface area contributed by atoms with Crippen LogP contribution < -0.4 is 14.5 Å². The number of benzene rings is 1. The largest absolute Gasteiger partial charge is 0.496 e. The minimum Gasteiger partial charge on any atom is -0.496 e. The summed E-state index contributed by atoms with van der Waals surface area (Å²) in [4.78, 5) is 22.2. The number of nitrogens with zero attached hydrogens (tertiary/aromatic N) is 7. The molecule has 2 aliphatic rings. The van der Waals surface area contributed by atoms with Gasteiger partial charge < -0.3 is 28.9 Å². The second kappa shape index (κ2) is 10.2. The third-order valence-electron chi connectivity index (χ3n) is 7.34. The summed E-state index contributed by atoms with van der Waals surface area (Å²) < 4.78 is 52.4. The number of ether oxygens (including phenoxy) is 2. The van der Waals surface area contributed by atoms with E-state index in [9.17, 15) is 18.3 Å². The summed E-state index contributed by atoms with van der Waals surface area (Å²) in [5, 5.41) is 10.5. The Kier molecular flexibility index (Phi) is 6.70. The number of hydrogen-bond acceptors (Lipinski definition) is 9. The molecule has 0 amide bonds. The average molecular weight is 556 g/mol. The Bertz CT molecular complexity index is 1560. The molecule has 10 nitrogen and oxygen atoms in total. The standard InChI is InChI=1S/C27H28F3N7O3/c1-16-15-40-10-9-36(16)24-20-4-5-21(17-3-6-22(39-2)18(11-17)14-38)32-23(20)33-26(34-24)35-7-8-37-19(13-35)12-31-25(37)27(28,29)30/h3-6,11-12,16,38H,7-10,13-15H2,1-2H3/t16-/m0/s1. The van der Waals surface area contributed by atoms with Crippen LogP contribution in [0.3, 0.4) is 0 Å². The molecule has 2 aliphatic heterocycles. The first kappa shape index (κ1) is 26.3. The summed E-state index contributed by atoms with van der Waals surface area (Å²) in [6.07, 6.45) is -3.25. The van der Waals surface area contributed by atoms with Gasteiger partial charge in [-0.25, -0.2) is 9.97 Å². The molecule has 210 valence electrons. The molecule has 3 aromatic heterocycles. The number of imidazole rings is 1. The molecule has 1 aromatic carbocycles. The summed E-state index contributed by atoms with van der Waals surface area (Å²) in [5.41, 5.74) is 2.99. The molecule has 1 atom stereocenters. The van der Waals surface area contributed by atoms with Crippen LogP contribution in [0.15, 0.2) is 36.5 Å². The van der Waals surface area contributed by atoms with E-state index in [0.717, 1.165) is 10.9 Å². The summed E-state index contributed by atoms with van der Waals surface area (Å²) in [6, 6.07) is 9.35. The predicted octanol–water partition coefficient (Wildman–Crippen LogP) is 3.65. The number of alkyl halides is 3. The number of aliphatic hydroxyl groups excluding tert-OH is 1. The van der Waals surface area contributed by atoms with Crippen LogP contribution in [-0.2, 0) is 30.6 Å². The van der Waals surface area contributed by atoms with E-state index < -0.39 is 12.0 Å². The van der Waals surface area contributed by atoms with Crippen molar-refractivity contribution in [3.05, 3.63) is 53.6 Å². The maximum Gasteiger partial charge on any atom is 0.449 e. The number of hydrogen-bond donors (Lipinski definition) is 1. The van der Waals surface area contributed by atoms with Gasteiger partial charge in [0, 0.05) is 30.8 Å². The van der Waals surface area contributed by atoms with Crippen molar-refractivity contribution in [3.8, 4) is 17.0 Å². The van der Waals surface area contributed by atoms with Crippen LogP contribution >= 0.6 is 0 Å². The quantitative estimate of drug-likeness (QED) is 0.395. The molecule has 0 bridgehead atoms. The van der Waals surface area contributed by atoms with Crippen LogP contribution in [0.1, 0.15) is 24.0 Å². The second-order valence-corrected chi connectivity index (χ2v) is 9.86. The summed E-state index contributed by atoms with van der Waals surface area (Å²) >= 11 is 0. The fraction of sp³-hybridized carbons (Fsp3) is 0.407. The van der Waals surface area contributed by atoms with E-state index in [0.29, 0.717) is 59.9 Å². The Hall–Kier alpha value is -3.97. The van der Waals surface area contributed by atoms with Crippen molar-refractivity contribution >= 4 is 22.8 Å². The Morgan fingerprint density at radius 2 is 1.95 bits per heavy atom. The molecule has 40 heavy (non-hydrogen) atoms. The molecule has 0 radical (unpaired) electrons. The van der Waals surface area contributed by atoms with Gasteiger partial charge >= 0.3 is 6.18 Å². The number of morpholine rings is 1. The van der Waals surface area contributed by atoms with Gasteiger partial charge in [0.15, 0.2) is 5.65 Å². The molecule has 5 heterocycles. The zero-order valence-corrected chi connectivity index (χ0v) is 22.0. The lowest BCUT2D eigenvalue weighted by molar-refractivity contribution is -0.147. The Morgan fingerprint density at radius 1 is 1.10 bits per heavy atom. The molecular formula is C27H28F3N7O3. The van der Waals surface area contributed by atoms with E-state index in [1.807, 2.05) is 29.2 Å². The molecule has 1 N–H and O–H groups in total. The van der Waals surface area contributed by atoms with Crippen LogP contribution in [0.25, 0.3) is 22.3 Å². The van der Waals surface area contributed by atoms with E-state index in [1.54, 1.807) is 13.2 Å². The lowest BCUT2D eigenvalue weighted by Crippen LogP contribution is -2.44. The van der Waals surface area contributed by atoms with Gasteiger partial charge in [-0.15, -0.1) is 0 Å². The molecule has 0 unspecified atom stereocenters. The van der Waals surface area contributed by atoms with Crippen LogP contribution in [0, 0.1) is 0 Å². The Labute approximate surface area is 228 Å². The highest BCUT2D eigenvalue weighted by molar-refractivity contribution is 5.90. The van der Waals surface area contributed by atoms with Gasteiger partial charge in [-0.3, -0.25) is 0 Å². The van der Waals surface area contributed by atoms with Crippen LogP contribution in [0.4, 0.5) is 24.9 Å². The second-order valence-electron chi connectivity index (χ2n) is 9.86. The molecular weight excluding hydrogens is 527 g/mol. The van der Waals surface area contributed by atoms with Crippen molar-refractivity contribution in [2.24, 2.45) is 0 Å². The minimum absolute atomic E-state index is 0.0604. The van der Waals surface area contributed by atoms with Gasteiger partial charge in [-0.2, -0.15) is 23.1 Å². The van der Waals surface area contributed by atoms with Crippen molar-refractivity contribution in [1.82, 2.24) is 24.5 Å². The fourth-order valence-electron chi connectivity index (χ4n) is 5.29. The smallest absolute Gasteiger partial charge is 0.449 e. The van der Waals surface area contributed by atoms with E-state index in [4.69, 9.17) is 24.4 Å². The lowest BCUT2D eigenvalue weighted by Gasteiger charge is -2.36. The zero-order chi connectivity index (χ0) is 28.0. The molecule has 4 aromatic rings. The molecule has 0 spiro atoms. The highest BCUT2D eigenvalue weighted by Crippen LogP contribution is 2.34. The lowest BCUT2D eigenvalue weighted by atomic mass is 10.1. The highest BCUT2D eigenvalue weighted by Gasteiger charge is 2.38. The van der Waals surface area contributed by atoms with Crippen molar-refractivity contribution in [2.75, 3.05) is 43.2 Å². The first-order valence-corrected chi connectivity index (χ1v) is 12.9. The number of rotatable bonds is 5. The van der Waals surface area contributed by atoms with Gasteiger partial charge in [0.2, 0.25) is 11.8 Å². The van der Waals surface area contributed by atoms with Crippen molar-refractivity contribution in [3.63, 3.8) is 0 Å². The Morgan fingerprint density at radius 3 is 2.70 bits per heavy atom. The normalized spacial score (nSPS) is 17.8. The third kappa shape index (κ3) is 4.68. The monoisotopic (exact) mass is 555 g/mol. The molecule has 13 heteroatoms. The van der Waals surface area contributed by atoms with Gasteiger partial charge in [-0.05, 0) is 37.3 Å². The maximum absolute atomic E-state index is 13.4. The summed E-state index contributed by atoms with van der Waals surface area (Å²) in [7, 11) is 1.55. The van der Waals surface area contributed by atoms with Gasteiger partial charge in [0.05, 0.1) is 62.5 Å². The van der Waals surface area contributed by atoms with Gasteiger partial charge in [0.25, 0.3) is 0 Å². The van der Waals surface area contributed by atoms with E-state index in [2.05, 4.69) is 16.8 Å². The number of aromatic nitrogens is 5. The number of halogens is 3. The highest BCUT2D eigenvalue weighted by atomic mass is 19.4. The summed E-state index contributed by atoms with van der Waals surface area (Å²) in [5.74, 6) is 0.782. The van der Waals surface area contributed by atoms with Crippen molar-refractivity contribution < 1.29 is 27.8 Å². The van der Waals surface area contributed by atoms with Crippen LogP contribution in [-0.4, -0.2) is 69.1 Å². The topological polar surface area (TPSA) is 102 Å². The summed E-state index contributed by atoms with van der Waals surface area (Å²) in [6.45, 7) is 4.18. The number of anilines is 2.